The first-order chi connectivity index (χ1) is 36.8. The van der Waals surface area contributed by atoms with Gasteiger partial charge in [0.15, 0.2) is 34.5 Å². The fraction of sp³-hybridized carbons (Fsp3) is 0.377. The number of carbonyl (C=O) groups excluding carboxylic acids is 3. The lowest BCUT2D eigenvalue weighted by molar-refractivity contribution is -0.144. The summed E-state index contributed by atoms with van der Waals surface area (Å²) in [6.45, 7) is 10.3. The van der Waals surface area contributed by atoms with E-state index in [1.807, 2.05) is 31.2 Å². The minimum absolute atomic E-state index is 0.000124. The summed E-state index contributed by atoms with van der Waals surface area (Å²) in [5.41, 5.74) is -1.31. The average molecular weight is 1120 g/mol. The Bertz CT molecular complexity index is 3310. The number of amides is 3. The summed E-state index contributed by atoms with van der Waals surface area (Å²) >= 11 is 7.04. The molecule has 4 N–H and O–H groups in total. The number of thiazole rings is 1. The van der Waals surface area contributed by atoms with Gasteiger partial charge in [0.05, 0.1) is 63.1 Å². The Morgan fingerprint density at radius 2 is 1.72 bits per heavy atom. The number of aromatic nitrogens is 5. The van der Waals surface area contributed by atoms with Crippen LogP contribution in [0, 0.1) is 41.1 Å². The molecule has 3 amide bonds. The van der Waals surface area contributed by atoms with Crippen molar-refractivity contribution in [2.75, 3.05) is 16.3 Å². The zero-order valence-electron chi connectivity index (χ0n) is 42.9. The van der Waals surface area contributed by atoms with Crippen molar-refractivity contribution in [3.05, 3.63) is 124 Å². The van der Waals surface area contributed by atoms with Gasteiger partial charge in [0.2, 0.25) is 17.7 Å². The van der Waals surface area contributed by atoms with Gasteiger partial charge < -0.3 is 35.4 Å². The highest BCUT2D eigenvalue weighted by atomic mass is 32.1. The van der Waals surface area contributed by atoms with E-state index in [2.05, 4.69) is 30.9 Å². The van der Waals surface area contributed by atoms with Crippen LogP contribution in [0.4, 0.5) is 37.7 Å². The second-order valence-corrected chi connectivity index (χ2v) is 21.6. The number of carbonyl (C=O) groups is 3. The lowest BCUT2D eigenvalue weighted by Crippen LogP contribution is -2.57. The van der Waals surface area contributed by atoms with E-state index < -0.39 is 98.6 Å². The number of nitrogens with one attached hydrogen (secondary N) is 2. The number of alkyl halides is 3. The van der Waals surface area contributed by atoms with E-state index in [-0.39, 0.29) is 68.2 Å². The molecule has 4 atom stereocenters. The number of likely N-dealkylation sites (tertiary alicyclic amines) is 1. The molecule has 3 aromatic carbocycles. The van der Waals surface area contributed by atoms with Crippen LogP contribution in [-0.2, 0) is 40.3 Å². The number of hydrogen-bond acceptors (Lipinski definition) is 13. The maximum Gasteiger partial charge on any atom is 0.420 e. The first kappa shape index (κ1) is 56.7. The lowest BCUT2D eigenvalue weighted by atomic mass is 9.85. The van der Waals surface area contributed by atoms with Crippen molar-refractivity contribution in [3.63, 3.8) is 0 Å². The van der Waals surface area contributed by atoms with Gasteiger partial charge in [-0.05, 0) is 86.3 Å². The number of aliphatic hydroxyl groups is 2. The third kappa shape index (κ3) is 11.8. The van der Waals surface area contributed by atoms with E-state index in [0.717, 1.165) is 57.1 Å². The summed E-state index contributed by atoms with van der Waals surface area (Å²) in [4.78, 5) is 53.7. The number of aryl methyl sites for hydroxylation is 2. The van der Waals surface area contributed by atoms with E-state index in [1.165, 1.54) is 46.5 Å². The second kappa shape index (κ2) is 22.4. The van der Waals surface area contributed by atoms with Gasteiger partial charge in [-0.25, -0.2) is 18.2 Å². The molecule has 0 aliphatic carbocycles. The highest BCUT2D eigenvalue weighted by Crippen LogP contribution is 2.44. The van der Waals surface area contributed by atoms with E-state index in [4.69, 9.17) is 17.0 Å². The molecule has 1 unspecified atom stereocenters. The van der Waals surface area contributed by atoms with Crippen LogP contribution in [0.15, 0.2) is 78.6 Å². The minimum atomic E-state index is -5.26. The lowest BCUT2D eigenvalue weighted by Gasteiger charge is -2.35. The normalized spacial score (nSPS) is 17.8. The zero-order valence-corrected chi connectivity index (χ0v) is 44.5. The Labute approximate surface area is 453 Å². The van der Waals surface area contributed by atoms with Crippen LogP contribution in [-0.4, -0.2) is 99.4 Å². The van der Waals surface area contributed by atoms with Gasteiger partial charge >= 0.3 is 6.18 Å². The van der Waals surface area contributed by atoms with Crippen LogP contribution in [0.1, 0.15) is 82.0 Å². The predicted octanol–water partition coefficient (Wildman–Crippen LogP) is 7.96. The Balaban J connectivity index is 0.830. The number of halogens is 6. The first-order valence-electron chi connectivity index (χ1n) is 24.4. The number of thiocarbonyl (C=S) groups is 1. The minimum Gasteiger partial charge on any atom is -0.484 e. The van der Waals surface area contributed by atoms with Crippen LogP contribution in [0.3, 0.4) is 0 Å². The average Bonchev–Trinajstić information content (AvgIpc) is 4.36. The van der Waals surface area contributed by atoms with Crippen molar-refractivity contribution in [1.82, 2.24) is 40.5 Å². The molecule has 0 radical (unpaired) electrons. The SMILES string of the molecule is Cc1ncsc1-c1ccc(CNC(=O)[C@@H]2C[C@@H](O)CN2C(=O)[C@@H](NC(=O)CCCn2cc(COc3ccc(-c4ncc(N5C(=S)N(c6ccc(C#N)c(C(F)(F)F)c6F)C(O)C5(C)C)cc4F)cc3F)nn2)C(C)(C)C)cc1. The quantitative estimate of drug-likeness (QED) is 0.0535. The number of nitrogens with zero attached hydrogens (tertiary/aromatic N) is 9. The first-order valence-corrected chi connectivity index (χ1v) is 25.7. The molecule has 5 heterocycles. The molecule has 2 saturated heterocycles. The Morgan fingerprint density at radius 1 is 1.00 bits per heavy atom. The summed E-state index contributed by atoms with van der Waals surface area (Å²) in [6.07, 6.45) is -4.93. The van der Waals surface area contributed by atoms with Crippen LogP contribution in [0.25, 0.3) is 21.7 Å². The van der Waals surface area contributed by atoms with Crippen molar-refractivity contribution in [2.45, 2.75) is 117 Å². The molecule has 2 aliphatic rings. The smallest absolute Gasteiger partial charge is 0.420 e. The van der Waals surface area contributed by atoms with Gasteiger partial charge in [-0.1, -0.05) is 50.3 Å². The monoisotopic (exact) mass is 1120 g/mol. The van der Waals surface area contributed by atoms with Crippen molar-refractivity contribution < 1.29 is 55.7 Å². The van der Waals surface area contributed by atoms with E-state index >= 15 is 13.2 Å². The van der Waals surface area contributed by atoms with E-state index in [0.29, 0.717) is 5.69 Å². The molecule has 2 fully saturated rings. The molecule has 0 bridgehead atoms. The highest BCUT2D eigenvalue weighted by molar-refractivity contribution is 7.80. The number of hydrogen-bond donors (Lipinski definition) is 4. The number of anilines is 2. The number of rotatable bonds is 16. The van der Waals surface area contributed by atoms with Gasteiger partial charge in [0.1, 0.15) is 35.6 Å². The number of aliphatic hydroxyl groups excluding tert-OH is 2. The van der Waals surface area contributed by atoms with Crippen molar-refractivity contribution >= 4 is 57.8 Å². The summed E-state index contributed by atoms with van der Waals surface area (Å²) in [7, 11) is 0. The topological polar surface area (TPSA) is 215 Å². The maximum atomic E-state index is 15.8. The summed E-state index contributed by atoms with van der Waals surface area (Å²) in [5.74, 6) is -5.24. The van der Waals surface area contributed by atoms with Gasteiger partial charge in [-0.3, -0.25) is 28.9 Å². The van der Waals surface area contributed by atoms with Crippen LogP contribution in [0.5, 0.6) is 5.75 Å². The number of pyridine rings is 1. The molecule has 410 valence electrons. The summed E-state index contributed by atoms with van der Waals surface area (Å²) in [6, 6.07) is 13.3. The predicted molar refractivity (Wildman–Crippen MR) is 279 cm³/mol. The van der Waals surface area contributed by atoms with Crippen molar-refractivity contribution in [3.8, 4) is 33.5 Å². The van der Waals surface area contributed by atoms with Crippen LogP contribution < -0.4 is 25.2 Å². The summed E-state index contributed by atoms with van der Waals surface area (Å²) in [5, 5.41) is 44.5. The van der Waals surface area contributed by atoms with Gasteiger partial charge in [-0.15, -0.1) is 16.4 Å². The Hall–Kier alpha value is -7.53. The van der Waals surface area contributed by atoms with Gasteiger partial charge in [0.25, 0.3) is 0 Å². The molecular formula is C53H53F6N11O6S2. The van der Waals surface area contributed by atoms with E-state index in [9.17, 15) is 43.0 Å². The number of β-amino-alcohol motifs (C(OH)–C–C–N with tert-alkyl or cyclic N) is 1. The molecule has 25 heteroatoms. The molecule has 8 rings (SSSR count). The molecular weight excluding hydrogens is 1060 g/mol. The third-order valence-electron chi connectivity index (χ3n) is 13.4. The fourth-order valence-electron chi connectivity index (χ4n) is 9.30. The molecule has 78 heavy (non-hydrogen) atoms. The molecule has 0 saturated carbocycles. The Kier molecular flexibility index (Phi) is 16.3. The van der Waals surface area contributed by atoms with Crippen molar-refractivity contribution in [1.29, 1.82) is 5.26 Å². The largest absolute Gasteiger partial charge is 0.484 e. The standard InChI is InChI=1S/C53H53F6N11O6S2/c1-28-45(78-27-63-28)30-11-9-29(10-12-30)22-62-47(73)39-20-35(71)25-68(39)48(74)46(51(2,3)4)64-41(72)8-7-17-67-24-33(65-66-67)26-76-40-16-14-31(18-36(40)54)44-37(55)19-34(23-61-44)70-50(77)69(49(75)52(70,5)6)38-15-13-32(21-60)42(43(38)56)53(57,58)59/h9-16,18-19,23-24,27,35,39,46,49,71,75H,7-8,17,20,22,25-26H2,1-6H3,(H,62,73)(H,64,72)/t35-,39+,46-,49?/m1/s1. The third-order valence-corrected chi connectivity index (χ3v) is 14.7. The Morgan fingerprint density at radius 3 is 2.36 bits per heavy atom. The second-order valence-electron chi connectivity index (χ2n) is 20.4. The summed E-state index contributed by atoms with van der Waals surface area (Å²) < 4.78 is 95.4. The number of nitriles is 1. The van der Waals surface area contributed by atoms with Crippen LogP contribution in [0.2, 0.25) is 0 Å². The van der Waals surface area contributed by atoms with E-state index in [1.54, 1.807) is 43.8 Å². The van der Waals surface area contributed by atoms with Gasteiger partial charge in [-0.2, -0.15) is 18.4 Å². The molecule has 2 aliphatic heterocycles. The molecule has 3 aromatic heterocycles. The maximum absolute atomic E-state index is 15.8. The highest BCUT2D eigenvalue weighted by Gasteiger charge is 2.52. The molecule has 0 spiro atoms. The zero-order chi connectivity index (χ0) is 56.6. The van der Waals surface area contributed by atoms with Crippen LogP contribution >= 0.6 is 23.6 Å². The van der Waals surface area contributed by atoms with Gasteiger partial charge in [0, 0.05) is 44.1 Å². The molecule has 17 nitrogen and oxygen atoms in total. The molecule has 6 aromatic rings. The van der Waals surface area contributed by atoms with Crippen molar-refractivity contribution in [2.24, 2.45) is 5.41 Å². The fourth-order valence-corrected chi connectivity index (χ4v) is 10.6. The number of benzene rings is 3. The number of ether oxygens (including phenoxy) is 1.